The molecule has 1 amide bonds. The fourth-order valence-electron chi connectivity index (χ4n) is 2.15. The molecule has 0 radical (unpaired) electrons. The van der Waals surface area contributed by atoms with Crippen molar-refractivity contribution < 1.29 is 19.4 Å². The fourth-order valence-corrected chi connectivity index (χ4v) is 2.15. The molecule has 5 nitrogen and oxygen atoms in total. The van der Waals surface area contributed by atoms with Crippen LogP contribution in [-0.2, 0) is 16.1 Å². The number of aliphatic carboxylic acids is 1. The number of alkyl carbamates (subject to hydrolysis) is 1. The summed E-state index contributed by atoms with van der Waals surface area (Å²) in [4.78, 5) is 22.4. The zero-order valence-corrected chi connectivity index (χ0v) is 12.5. The average Bonchev–Trinajstić information content (AvgIpc) is 2.42. The van der Waals surface area contributed by atoms with Crippen LogP contribution in [0.2, 0.25) is 0 Å². The Bertz CT molecular complexity index is 445. The second kappa shape index (κ2) is 9.00. The molecule has 0 aromatic heterocycles. The van der Waals surface area contributed by atoms with Gasteiger partial charge >= 0.3 is 12.1 Å². The number of hydrogen-bond donors (Lipinski definition) is 2. The van der Waals surface area contributed by atoms with Crippen LogP contribution in [0.3, 0.4) is 0 Å². The highest BCUT2D eigenvalue weighted by molar-refractivity contribution is 5.68. The fraction of sp³-hybridized carbons (Fsp3) is 0.500. The molecule has 2 N–H and O–H groups in total. The van der Waals surface area contributed by atoms with E-state index < -0.39 is 12.1 Å². The maximum absolute atomic E-state index is 11.6. The predicted octanol–water partition coefficient (Wildman–Crippen LogP) is 3.05. The molecular formula is C16H23NO4. The number of nitrogens with one attached hydrogen (secondary N) is 1. The summed E-state index contributed by atoms with van der Waals surface area (Å²) in [7, 11) is 0. The highest BCUT2D eigenvalue weighted by atomic mass is 16.5. The van der Waals surface area contributed by atoms with E-state index in [1.54, 1.807) is 0 Å². The Morgan fingerprint density at radius 2 is 1.90 bits per heavy atom. The van der Waals surface area contributed by atoms with E-state index >= 15 is 0 Å². The molecule has 1 atom stereocenters. The van der Waals surface area contributed by atoms with Crippen molar-refractivity contribution in [2.75, 3.05) is 6.54 Å². The number of carboxylic acids is 1. The molecule has 1 unspecified atom stereocenters. The van der Waals surface area contributed by atoms with Crippen LogP contribution in [0.15, 0.2) is 30.3 Å². The van der Waals surface area contributed by atoms with Gasteiger partial charge in [-0.05, 0) is 23.8 Å². The molecule has 0 saturated heterocycles. The van der Waals surface area contributed by atoms with Crippen molar-refractivity contribution >= 4 is 12.1 Å². The minimum absolute atomic E-state index is 0.0527. The summed E-state index contributed by atoms with van der Waals surface area (Å²) in [6.07, 6.45) is 0.292. The van der Waals surface area contributed by atoms with Gasteiger partial charge in [-0.2, -0.15) is 0 Å². The molecule has 0 aliphatic carbocycles. The largest absolute Gasteiger partial charge is 0.481 e. The van der Waals surface area contributed by atoms with Gasteiger partial charge in [0.05, 0.1) is 0 Å². The lowest BCUT2D eigenvalue weighted by atomic mass is 9.94. The van der Waals surface area contributed by atoms with E-state index in [1.807, 2.05) is 44.2 Å². The van der Waals surface area contributed by atoms with Crippen LogP contribution in [0.1, 0.15) is 32.3 Å². The first kappa shape index (κ1) is 17.0. The smallest absolute Gasteiger partial charge is 0.407 e. The van der Waals surface area contributed by atoms with Crippen LogP contribution in [0.5, 0.6) is 0 Å². The normalized spacial score (nSPS) is 12.0. The molecule has 0 aliphatic heterocycles. The van der Waals surface area contributed by atoms with Crippen molar-refractivity contribution in [2.24, 2.45) is 11.8 Å². The Kier molecular flexibility index (Phi) is 7.29. The number of benzene rings is 1. The van der Waals surface area contributed by atoms with Crippen LogP contribution in [0, 0.1) is 11.8 Å². The number of rotatable bonds is 8. The van der Waals surface area contributed by atoms with E-state index in [-0.39, 0.29) is 18.9 Å². The van der Waals surface area contributed by atoms with Crippen molar-refractivity contribution in [2.45, 2.75) is 33.3 Å². The third kappa shape index (κ3) is 7.97. The van der Waals surface area contributed by atoms with Gasteiger partial charge in [-0.3, -0.25) is 4.79 Å². The number of amides is 1. The van der Waals surface area contributed by atoms with E-state index in [4.69, 9.17) is 9.84 Å². The molecule has 1 aromatic rings. The lowest BCUT2D eigenvalue weighted by Gasteiger charge is -2.17. The van der Waals surface area contributed by atoms with Gasteiger partial charge in [0.25, 0.3) is 0 Å². The molecular weight excluding hydrogens is 270 g/mol. The Balaban J connectivity index is 2.33. The summed E-state index contributed by atoms with van der Waals surface area (Å²) in [6, 6.07) is 9.40. The highest BCUT2D eigenvalue weighted by Crippen LogP contribution is 2.14. The first-order valence-electron chi connectivity index (χ1n) is 7.13. The van der Waals surface area contributed by atoms with E-state index in [9.17, 15) is 9.59 Å². The number of hydrogen-bond acceptors (Lipinski definition) is 3. The van der Waals surface area contributed by atoms with Crippen molar-refractivity contribution in [3.05, 3.63) is 35.9 Å². The van der Waals surface area contributed by atoms with Crippen LogP contribution in [0.4, 0.5) is 4.79 Å². The molecule has 1 aromatic carbocycles. The number of carboxylic acid groups (broad SMARTS) is 1. The van der Waals surface area contributed by atoms with Crippen molar-refractivity contribution in [3.8, 4) is 0 Å². The van der Waals surface area contributed by atoms with Gasteiger partial charge in [0.2, 0.25) is 0 Å². The molecule has 0 bridgehead atoms. The van der Waals surface area contributed by atoms with Crippen molar-refractivity contribution in [1.29, 1.82) is 0 Å². The Hall–Kier alpha value is -2.04. The molecule has 0 saturated carbocycles. The maximum atomic E-state index is 11.6. The summed E-state index contributed by atoms with van der Waals surface area (Å²) >= 11 is 0. The summed E-state index contributed by atoms with van der Waals surface area (Å²) in [5, 5.41) is 11.5. The lowest BCUT2D eigenvalue weighted by molar-refractivity contribution is -0.138. The number of ether oxygens (including phenoxy) is 1. The van der Waals surface area contributed by atoms with E-state index in [2.05, 4.69) is 5.32 Å². The predicted molar refractivity (Wildman–Crippen MR) is 79.8 cm³/mol. The van der Waals surface area contributed by atoms with Gasteiger partial charge in [0.1, 0.15) is 6.61 Å². The van der Waals surface area contributed by atoms with Gasteiger partial charge in [0.15, 0.2) is 0 Å². The molecule has 1 rings (SSSR count). The van der Waals surface area contributed by atoms with Crippen LogP contribution < -0.4 is 5.32 Å². The van der Waals surface area contributed by atoms with Crippen LogP contribution in [0.25, 0.3) is 0 Å². The van der Waals surface area contributed by atoms with Gasteiger partial charge in [-0.15, -0.1) is 0 Å². The summed E-state index contributed by atoms with van der Waals surface area (Å²) in [6.45, 7) is 4.59. The average molecular weight is 293 g/mol. The van der Waals surface area contributed by atoms with Crippen LogP contribution in [-0.4, -0.2) is 23.7 Å². The Morgan fingerprint density at radius 3 is 2.48 bits per heavy atom. The molecule has 5 heteroatoms. The minimum atomic E-state index is -0.847. The van der Waals surface area contributed by atoms with Gasteiger partial charge in [-0.25, -0.2) is 4.79 Å². The highest BCUT2D eigenvalue weighted by Gasteiger charge is 2.16. The third-order valence-corrected chi connectivity index (χ3v) is 3.02. The van der Waals surface area contributed by atoms with E-state index in [0.29, 0.717) is 12.5 Å². The summed E-state index contributed by atoms with van der Waals surface area (Å²) in [5.74, 6) is -0.539. The molecule has 0 heterocycles. The topological polar surface area (TPSA) is 75.6 Å². The quantitative estimate of drug-likeness (QED) is 0.772. The SMILES string of the molecule is CC(C)CC(CNC(=O)OCc1ccccc1)CC(=O)O. The Morgan fingerprint density at radius 1 is 1.24 bits per heavy atom. The zero-order valence-electron chi connectivity index (χ0n) is 12.5. The molecule has 21 heavy (non-hydrogen) atoms. The standard InChI is InChI=1S/C16H23NO4/c1-12(2)8-14(9-15(18)19)10-17-16(20)21-11-13-6-4-3-5-7-13/h3-7,12,14H,8-11H2,1-2H3,(H,17,20)(H,18,19). The minimum Gasteiger partial charge on any atom is -0.481 e. The first-order valence-corrected chi connectivity index (χ1v) is 7.13. The van der Waals surface area contributed by atoms with Crippen molar-refractivity contribution in [1.82, 2.24) is 5.32 Å². The third-order valence-electron chi connectivity index (χ3n) is 3.02. The first-order chi connectivity index (χ1) is 9.97. The summed E-state index contributed by atoms with van der Waals surface area (Å²) < 4.78 is 5.09. The monoisotopic (exact) mass is 293 g/mol. The second-order valence-corrected chi connectivity index (χ2v) is 5.54. The van der Waals surface area contributed by atoms with E-state index in [0.717, 1.165) is 12.0 Å². The molecule has 0 fully saturated rings. The van der Waals surface area contributed by atoms with Gasteiger partial charge in [0, 0.05) is 13.0 Å². The van der Waals surface area contributed by atoms with Crippen LogP contribution >= 0.6 is 0 Å². The van der Waals surface area contributed by atoms with Gasteiger partial charge < -0.3 is 15.2 Å². The van der Waals surface area contributed by atoms with Crippen molar-refractivity contribution in [3.63, 3.8) is 0 Å². The number of carbonyl (C=O) groups is 2. The lowest BCUT2D eigenvalue weighted by Crippen LogP contribution is -2.31. The zero-order chi connectivity index (χ0) is 15.7. The number of carbonyl (C=O) groups excluding carboxylic acids is 1. The summed E-state index contributed by atoms with van der Waals surface area (Å²) in [5.41, 5.74) is 0.914. The second-order valence-electron chi connectivity index (χ2n) is 5.54. The van der Waals surface area contributed by atoms with Gasteiger partial charge in [-0.1, -0.05) is 44.2 Å². The van der Waals surface area contributed by atoms with E-state index in [1.165, 1.54) is 0 Å². The molecule has 0 aliphatic rings. The maximum Gasteiger partial charge on any atom is 0.407 e. The molecule has 0 spiro atoms. The molecule has 116 valence electrons. The Labute approximate surface area is 125 Å².